The summed E-state index contributed by atoms with van der Waals surface area (Å²) >= 11 is 0. The zero-order chi connectivity index (χ0) is 31.0. The maximum Gasteiger partial charge on any atom is 0.472 e. The molecule has 1 aromatic heterocycles. The summed E-state index contributed by atoms with van der Waals surface area (Å²) in [6, 6.07) is 1.33. The molecular weight excluding hydrogens is 597 g/mol. The Balaban J connectivity index is 1.41. The number of rotatable bonds is 11. The first-order valence-corrected chi connectivity index (χ1v) is 14.1. The molecule has 11 N–H and O–H groups in total. The molecule has 3 aliphatic rings. The van der Waals surface area contributed by atoms with Crippen molar-refractivity contribution in [2.75, 3.05) is 32.2 Å². The van der Waals surface area contributed by atoms with Gasteiger partial charge in [0.2, 0.25) is 5.79 Å². The van der Waals surface area contributed by atoms with Gasteiger partial charge in [-0.05, 0) is 6.07 Å². The third kappa shape index (κ3) is 6.69. The highest BCUT2D eigenvalue weighted by atomic mass is 31.2. The minimum Gasteiger partial charge on any atom is -0.394 e. The van der Waals surface area contributed by atoms with Crippen LogP contribution in [-0.4, -0.2) is 149 Å². The van der Waals surface area contributed by atoms with E-state index in [0.717, 1.165) is 4.57 Å². The standard InChI is InChI=1S/C21H34N3O17P/c22-12-1-2-24(20(33)23-12)13-3-8(28)11(37-13)6-36-42(34,35)41-17-10(5-26)39-21(7-27,18(17)32)40-19-16(31)15(30)14(29)9(4-25)38-19/h1-2,8-11,13-19,25-32H,3-7H2,(H,34,35)(H2,22,23,33)/t8-,9+,10+,11+,13+,14+,15-,16+,17+,18-,19+,21-/m0/s1. The predicted octanol–water partition coefficient (Wildman–Crippen LogP) is -5.77. The van der Waals surface area contributed by atoms with Gasteiger partial charge in [0.1, 0.15) is 67.5 Å². The number of nitrogens with two attached hydrogens (primary N) is 1. The van der Waals surface area contributed by atoms with Gasteiger partial charge in [0.25, 0.3) is 0 Å². The quantitative estimate of drug-likeness (QED) is 0.102. The molecule has 3 saturated heterocycles. The molecule has 3 fully saturated rings. The minimum absolute atomic E-state index is 0.0314. The van der Waals surface area contributed by atoms with Gasteiger partial charge >= 0.3 is 13.5 Å². The summed E-state index contributed by atoms with van der Waals surface area (Å²) in [5.41, 5.74) is 4.70. The Morgan fingerprint density at radius 2 is 1.74 bits per heavy atom. The Morgan fingerprint density at radius 1 is 1.05 bits per heavy atom. The van der Waals surface area contributed by atoms with Crippen LogP contribution in [-0.2, 0) is 32.6 Å². The van der Waals surface area contributed by atoms with Crippen molar-refractivity contribution in [2.24, 2.45) is 0 Å². The molecule has 0 aliphatic carbocycles. The summed E-state index contributed by atoms with van der Waals surface area (Å²) in [5.74, 6) is -2.60. The number of phosphoric acid groups is 1. The van der Waals surface area contributed by atoms with Gasteiger partial charge in [-0.3, -0.25) is 13.6 Å². The molecule has 3 aliphatic heterocycles. The molecule has 0 aromatic carbocycles. The molecule has 240 valence electrons. The number of aliphatic hydroxyl groups is 8. The maximum atomic E-state index is 12.8. The van der Waals surface area contributed by atoms with Crippen LogP contribution < -0.4 is 11.4 Å². The highest BCUT2D eigenvalue weighted by Gasteiger charge is 2.60. The summed E-state index contributed by atoms with van der Waals surface area (Å²) in [5, 5.41) is 80.6. The van der Waals surface area contributed by atoms with Crippen molar-refractivity contribution >= 4 is 13.6 Å². The molecular formula is C21H34N3O17P. The fourth-order valence-corrected chi connectivity index (χ4v) is 5.73. The van der Waals surface area contributed by atoms with E-state index >= 15 is 0 Å². The Hall–Kier alpha value is -1.69. The van der Waals surface area contributed by atoms with E-state index in [1.807, 2.05) is 0 Å². The summed E-state index contributed by atoms with van der Waals surface area (Å²) in [6.07, 6.45) is -16.9. The van der Waals surface area contributed by atoms with E-state index in [1.165, 1.54) is 12.3 Å². The van der Waals surface area contributed by atoms with Crippen molar-refractivity contribution in [1.29, 1.82) is 0 Å². The molecule has 21 heteroatoms. The van der Waals surface area contributed by atoms with Gasteiger partial charge in [0.15, 0.2) is 6.29 Å². The number of aliphatic hydroxyl groups excluding tert-OH is 8. The van der Waals surface area contributed by atoms with Crippen LogP contribution in [0.15, 0.2) is 17.1 Å². The van der Waals surface area contributed by atoms with E-state index in [2.05, 4.69) is 4.98 Å². The number of ether oxygens (including phenoxy) is 4. The lowest BCUT2D eigenvalue weighted by Gasteiger charge is -2.43. The van der Waals surface area contributed by atoms with Gasteiger partial charge in [0.05, 0.1) is 25.9 Å². The average Bonchev–Trinajstić information content (AvgIpc) is 3.44. The number of hydrogen-bond acceptors (Lipinski definition) is 18. The van der Waals surface area contributed by atoms with Crippen molar-refractivity contribution in [3.8, 4) is 0 Å². The fourth-order valence-electron chi connectivity index (χ4n) is 4.77. The van der Waals surface area contributed by atoms with Crippen LogP contribution in [0.5, 0.6) is 0 Å². The highest BCUT2D eigenvalue weighted by Crippen LogP contribution is 2.50. The monoisotopic (exact) mass is 631 g/mol. The lowest BCUT2D eigenvalue weighted by atomic mass is 9.99. The molecule has 1 aromatic rings. The van der Waals surface area contributed by atoms with Crippen LogP contribution in [0.1, 0.15) is 12.6 Å². The third-order valence-electron chi connectivity index (χ3n) is 7.07. The lowest BCUT2D eigenvalue weighted by Crippen LogP contribution is -2.62. The molecule has 0 radical (unpaired) electrons. The average molecular weight is 631 g/mol. The number of nitrogen functional groups attached to an aromatic ring is 1. The summed E-state index contributed by atoms with van der Waals surface area (Å²) in [4.78, 5) is 26.0. The second-order valence-electron chi connectivity index (χ2n) is 9.88. The Morgan fingerprint density at radius 3 is 2.36 bits per heavy atom. The van der Waals surface area contributed by atoms with E-state index in [1.54, 1.807) is 0 Å². The van der Waals surface area contributed by atoms with Gasteiger partial charge in [-0.1, -0.05) is 0 Å². The summed E-state index contributed by atoms with van der Waals surface area (Å²) < 4.78 is 45.3. The van der Waals surface area contributed by atoms with Crippen LogP contribution in [0.3, 0.4) is 0 Å². The molecule has 1 unspecified atom stereocenters. The van der Waals surface area contributed by atoms with Gasteiger partial charge in [-0.15, -0.1) is 0 Å². The first-order valence-electron chi connectivity index (χ1n) is 12.7. The van der Waals surface area contributed by atoms with Gasteiger partial charge in [-0.25, -0.2) is 9.36 Å². The maximum absolute atomic E-state index is 12.8. The van der Waals surface area contributed by atoms with Crippen LogP contribution in [0, 0.1) is 0 Å². The largest absolute Gasteiger partial charge is 0.472 e. The van der Waals surface area contributed by atoms with E-state index in [4.69, 9.17) is 33.7 Å². The fraction of sp³-hybridized carbons (Fsp3) is 0.810. The summed E-state index contributed by atoms with van der Waals surface area (Å²) in [6.45, 7) is -3.69. The van der Waals surface area contributed by atoms with Gasteiger partial charge in [-0.2, -0.15) is 4.98 Å². The molecule has 13 atom stereocenters. The normalized spacial score (nSPS) is 42.1. The highest BCUT2D eigenvalue weighted by molar-refractivity contribution is 7.47. The van der Waals surface area contributed by atoms with Crippen LogP contribution in [0.4, 0.5) is 5.82 Å². The number of nitrogens with zero attached hydrogens (tertiary/aromatic N) is 2. The molecule has 0 spiro atoms. The van der Waals surface area contributed by atoms with Crippen molar-refractivity contribution < 1.29 is 78.3 Å². The molecule has 0 amide bonds. The Labute approximate surface area is 236 Å². The molecule has 0 saturated carbocycles. The van der Waals surface area contributed by atoms with Crippen LogP contribution in [0.2, 0.25) is 0 Å². The van der Waals surface area contributed by atoms with Crippen LogP contribution >= 0.6 is 7.82 Å². The Kier molecular flexibility index (Phi) is 10.4. The van der Waals surface area contributed by atoms with E-state index in [-0.39, 0.29) is 12.2 Å². The molecule has 4 heterocycles. The molecule has 20 nitrogen and oxygen atoms in total. The molecule has 42 heavy (non-hydrogen) atoms. The van der Waals surface area contributed by atoms with Crippen molar-refractivity contribution in [3.63, 3.8) is 0 Å². The van der Waals surface area contributed by atoms with Gasteiger partial charge in [0, 0.05) is 12.6 Å². The van der Waals surface area contributed by atoms with E-state index < -0.39 is 113 Å². The van der Waals surface area contributed by atoms with E-state index in [0.29, 0.717) is 0 Å². The number of hydrogen-bond donors (Lipinski definition) is 10. The second kappa shape index (κ2) is 13.1. The molecule has 4 rings (SSSR count). The van der Waals surface area contributed by atoms with Crippen LogP contribution in [0.25, 0.3) is 0 Å². The smallest absolute Gasteiger partial charge is 0.394 e. The van der Waals surface area contributed by atoms with Crippen molar-refractivity contribution in [1.82, 2.24) is 9.55 Å². The first kappa shape index (κ1) is 33.2. The zero-order valence-electron chi connectivity index (χ0n) is 21.8. The lowest BCUT2D eigenvalue weighted by molar-refractivity contribution is -0.383. The zero-order valence-corrected chi connectivity index (χ0v) is 22.6. The molecule has 0 bridgehead atoms. The van der Waals surface area contributed by atoms with Crippen molar-refractivity contribution in [2.45, 2.75) is 79.7 Å². The van der Waals surface area contributed by atoms with Gasteiger partial charge < -0.3 is 70.4 Å². The van der Waals surface area contributed by atoms with Crippen molar-refractivity contribution in [3.05, 3.63) is 22.7 Å². The Bertz CT molecular complexity index is 1180. The number of phosphoric ester groups is 1. The van der Waals surface area contributed by atoms with E-state index in [9.17, 15) is 55.1 Å². The predicted molar refractivity (Wildman–Crippen MR) is 131 cm³/mol. The SMILES string of the molecule is Nc1ccn([C@H]2C[C@H](O)[C@@H](COP(=O)(O)O[C@@H]3[C@@H](CO)O[C@@](CO)(O[C@H]4O[C@H](CO)[C@@H](O)[C@H](O)[C@H]4O)[C@H]3O)O2)c(=O)n1. The third-order valence-corrected chi connectivity index (χ3v) is 8.05. The summed E-state index contributed by atoms with van der Waals surface area (Å²) in [7, 11) is -5.13. The number of aromatic nitrogens is 2. The number of anilines is 1. The minimum atomic E-state index is -5.13. The topological polar surface area (TPSA) is 315 Å². The second-order valence-corrected chi connectivity index (χ2v) is 11.3. The first-order chi connectivity index (χ1) is 19.8.